The molecule has 1 heteroatoms. The van der Waals surface area contributed by atoms with Gasteiger partial charge in [0.2, 0.25) is 0 Å². The van der Waals surface area contributed by atoms with Gasteiger partial charge in [0.1, 0.15) is 0 Å². The van der Waals surface area contributed by atoms with Crippen LogP contribution in [0.15, 0.2) is 0 Å². The van der Waals surface area contributed by atoms with Gasteiger partial charge in [-0.2, -0.15) is 0 Å². The molecule has 1 unspecified atom stereocenters. The van der Waals surface area contributed by atoms with Crippen molar-refractivity contribution in [1.29, 1.82) is 0 Å². The maximum absolute atomic E-state index is 2.60. The average molecular weight is 344 g/mol. The molecule has 0 aromatic rings. The fourth-order valence-electron chi connectivity index (χ4n) is 4.23. The largest absolute Gasteiger partial charge is 0.296 e. The van der Waals surface area contributed by atoms with Crippen LogP contribution in [-0.2, 0) is 0 Å². The standard InChI is InChI=1S/C19H39N.C2H6.2CH4/c1-8-9-11-16(2)12-10-13-17-14-18(3,4)20(7)19(5,6)15-17;1-2;;/h16-17H,8-15H2,1-7H3;1-2H3;2*1H4. The molecule has 0 saturated carbocycles. The van der Waals surface area contributed by atoms with Crippen LogP contribution in [0, 0.1) is 11.8 Å². The van der Waals surface area contributed by atoms with E-state index in [-0.39, 0.29) is 14.9 Å². The van der Waals surface area contributed by atoms with Gasteiger partial charge in [-0.05, 0) is 59.4 Å². The number of piperidine rings is 1. The van der Waals surface area contributed by atoms with Gasteiger partial charge in [-0.3, -0.25) is 4.90 Å². The zero-order valence-corrected chi connectivity index (χ0v) is 17.3. The third-order valence-corrected chi connectivity index (χ3v) is 5.75. The van der Waals surface area contributed by atoms with Crippen LogP contribution in [0.2, 0.25) is 0 Å². The molecule has 1 aliphatic heterocycles. The van der Waals surface area contributed by atoms with Crippen LogP contribution in [0.1, 0.15) is 122 Å². The zero-order chi connectivity index (χ0) is 17.4. The fourth-order valence-corrected chi connectivity index (χ4v) is 4.23. The van der Waals surface area contributed by atoms with E-state index in [1.165, 1.54) is 51.4 Å². The van der Waals surface area contributed by atoms with E-state index in [1.54, 1.807) is 0 Å². The quantitative estimate of drug-likeness (QED) is 0.450. The van der Waals surface area contributed by atoms with Crippen LogP contribution >= 0.6 is 0 Å². The molecule has 0 aromatic carbocycles. The lowest BCUT2D eigenvalue weighted by atomic mass is 9.72. The molecule has 1 aliphatic rings. The third-order valence-electron chi connectivity index (χ3n) is 5.75. The third kappa shape index (κ3) is 9.44. The SMILES string of the molecule is C.C.CC.CCCCC(C)CCCC1CC(C)(C)N(C)C(C)(C)C1. The molecule has 24 heavy (non-hydrogen) atoms. The van der Waals surface area contributed by atoms with Crippen molar-refractivity contribution >= 4 is 0 Å². The first kappa shape index (κ1) is 28.8. The fraction of sp³-hybridized carbons (Fsp3) is 1.00. The summed E-state index contributed by atoms with van der Waals surface area (Å²) in [7, 11) is 2.31. The highest BCUT2D eigenvalue weighted by Crippen LogP contribution is 2.42. The van der Waals surface area contributed by atoms with E-state index in [2.05, 4.69) is 53.5 Å². The Morgan fingerprint density at radius 1 is 0.917 bits per heavy atom. The van der Waals surface area contributed by atoms with Gasteiger partial charge in [-0.1, -0.05) is 81.1 Å². The monoisotopic (exact) mass is 343 g/mol. The summed E-state index contributed by atoms with van der Waals surface area (Å²) in [5, 5.41) is 0. The second kappa shape index (κ2) is 13.2. The summed E-state index contributed by atoms with van der Waals surface area (Å²) in [4.78, 5) is 2.60. The summed E-state index contributed by atoms with van der Waals surface area (Å²) in [6, 6.07) is 0. The van der Waals surface area contributed by atoms with E-state index in [4.69, 9.17) is 0 Å². The van der Waals surface area contributed by atoms with Crippen molar-refractivity contribution in [3.8, 4) is 0 Å². The Balaban J connectivity index is -0.00000106. The number of hydrogen-bond acceptors (Lipinski definition) is 1. The molecule has 0 bridgehead atoms. The smallest absolute Gasteiger partial charge is 0.0158 e. The van der Waals surface area contributed by atoms with Crippen LogP contribution in [0.25, 0.3) is 0 Å². The molecule has 150 valence electrons. The summed E-state index contributed by atoms with van der Waals surface area (Å²) >= 11 is 0. The van der Waals surface area contributed by atoms with Gasteiger partial charge < -0.3 is 0 Å². The number of likely N-dealkylation sites (tertiary alicyclic amines) is 1. The van der Waals surface area contributed by atoms with Crippen molar-refractivity contribution < 1.29 is 0 Å². The first-order chi connectivity index (χ1) is 10.2. The van der Waals surface area contributed by atoms with E-state index >= 15 is 0 Å². The van der Waals surface area contributed by atoms with Crippen molar-refractivity contribution in [2.24, 2.45) is 11.8 Å². The van der Waals surface area contributed by atoms with Crippen molar-refractivity contribution in [3.05, 3.63) is 0 Å². The summed E-state index contributed by atoms with van der Waals surface area (Å²) in [5.74, 6) is 1.86. The van der Waals surface area contributed by atoms with Crippen LogP contribution in [0.3, 0.4) is 0 Å². The molecule has 0 radical (unpaired) electrons. The lowest BCUT2D eigenvalue weighted by Crippen LogP contribution is -2.58. The number of hydrogen-bond donors (Lipinski definition) is 0. The van der Waals surface area contributed by atoms with Crippen LogP contribution in [0.4, 0.5) is 0 Å². The van der Waals surface area contributed by atoms with Crippen molar-refractivity contribution in [2.75, 3.05) is 7.05 Å². The normalized spacial score (nSPS) is 20.9. The summed E-state index contributed by atoms with van der Waals surface area (Å²) in [6.45, 7) is 18.4. The Morgan fingerprint density at radius 3 is 1.75 bits per heavy atom. The van der Waals surface area contributed by atoms with E-state index in [1.807, 2.05) is 13.8 Å². The highest BCUT2D eigenvalue weighted by molar-refractivity contribution is 4.98. The van der Waals surface area contributed by atoms with E-state index in [9.17, 15) is 0 Å². The Bertz CT molecular complexity index is 262. The van der Waals surface area contributed by atoms with Gasteiger partial charge in [0.05, 0.1) is 0 Å². The number of nitrogens with zero attached hydrogens (tertiary/aromatic N) is 1. The Hall–Kier alpha value is -0.0400. The predicted octanol–water partition coefficient (Wildman–Crippen LogP) is 8.18. The van der Waals surface area contributed by atoms with Crippen molar-refractivity contribution in [1.82, 2.24) is 4.90 Å². The van der Waals surface area contributed by atoms with E-state index in [0.717, 1.165) is 11.8 Å². The topological polar surface area (TPSA) is 3.24 Å². The molecule has 0 aromatic heterocycles. The lowest BCUT2D eigenvalue weighted by Gasteiger charge is -2.54. The highest BCUT2D eigenvalue weighted by atomic mass is 15.2. The Morgan fingerprint density at radius 2 is 1.33 bits per heavy atom. The molecule has 1 nitrogen and oxygen atoms in total. The van der Waals surface area contributed by atoms with Crippen molar-refractivity contribution in [2.45, 2.75) is 133 Å². The first-order valence-corrected chi connectivity index (χ1v) is 9.93. The minimum Gasteiger partial charge on any atom is -0.296 e. The molecule has 0 spiro atoms. The molecule has 0 aliphatic carbocycles. The summed E-state index contributed by atoms with van der Waals surface area (Å²) in [5.41, 5.74) is 0.723. The van der Waals surface area contributed by atoms with Gasteiger partial charge in [0.15, 0.2) is 0 Å². The van der Waals surface area contributed by atoms with Crippen LogP contribution < -0.4 is 0 Å². The number of rotatable bonds is 7. The zero-order valence-electron chi connectivity index (χ0n) is 17.3. The highest BCUT2D eigenvalue weighted by Gasteiger charge is 2.42. The van der Waals surface area contributed by atoms with E-state index < -0.39 is 0 Å². The molecule has 1 fully saturated rings. The maximum Gasteiger partial charge on any atom is 0.0158 e. The molecule has 0 amide bonds. The van der Waals surface area contributed by atoms with Crippen LogP contribution in [-0.4, -0.2) is 23.0 Å². The molecule has 1 atom stereocenters. The van der Waals surface area contributed by atoms with Gasteiger partial charge in [-0.15, -0.1) is 0 Å². The predicted molar refractivity (Wildman–Crippen MR) is 116 cm³/mol. The lowest BCUT2D eigenvalue weighted by molar-refractivity contribution is -0.0322. The molecule has 0 N–H and O–H groups in total. The number of unbranched alkanes of at least 4 members (excludes halogenated alkanes) is 1. The summed E-state index contributed by atoms with van der Waals surface area (Å²) < 4.78 is 0. The minimum atomic E-state index is 0. The van der Waals surface area contributed by atoms with E-state index in [0.29, 0.717) is 11.1 Å². The molecular formula is C23H53N. The second-order valence-electron chi connectivity index (χ2n) is 8.64. The Labute approximate surface area is 157 Å². The van der Waals surface area contributed by atoms with Gasteiger partial charge >= 0.3 is 0 Å². The summed E-state index contributed by atoms with van der Waals surface area (Å²) in [6.07, 6.45) is 11.3. The molecule has 1 rings (SSSR count). The van der Waals surface area contributed by atoms with Gasteiger partial charge in [0.25, 0.3) is 0 Å². The Kier molecular flexibility index (Phi) is 15.8. The second-order valence-corrected chi connectivity index (χ2v) is 8.64. The van der Waals surface area contributed by atoms with Gasteiger partial charge in [-0.25, -0.2) is 0 Å². The molecular weight excluding hydrogens is 290 g/mol. The van der Waals surface area contributed by atoms with Crippen molar-refractivity contribution in [3.63, 3.8) is 0 Å². The molecule has 1 heterocycles. The van der Waals surface area contributed by atoms with Gasteiger partial charge in [0, 0.05) is 11.1 Å². The average Bonchev–Trinajstić information content (AvgIpc) is 2.44. The maximum atomic E-state index is 2.60. The first-order valence-electron chi connectivity index (χ1n) is 9.93. The van der Waals surface area contributed by atoms with Crippen LogP contribution in [0.5, 0.6) is 0 Å². The molecule has 1 saturated heterocycles. The minimum absolute atomic E-state index is 0.